The molecule has 0 aliphatic rings. The van der Waals surface area contributed by atoms with E-state index < -0.39 is 0 Å². The minimum Gasteiger partial charge on any atom is -0.271 e. The second-order valence-electron chi connectivity index (χ2n) is 4.58. The molecule has 0 radical (unpaired) electrons. The smallest absolute Gasteiger partial charge is 0.0515 e. The van der Waals surface area contributed by atoms with Crippen molar-refractivity contribution in [2.75, 3.05) is 0 Å². The SMILES string of the molecule is Cc1ccc(C(Cc2cccc(Br)c2)NN)c(Cl)c1. The van der Waals surface area contributed by atoms with Crippen molar-refractivity contribution in [3.05, 3.63) is 68.7 Å². The van der Waals surface area contributed by atoms with Crippen molar-refractivity contribution in [1.82, 2.24) is 5.43 Å². The number of halogens is 2. The van der Waals surface area contributed by atoms with Gasteiger partial charge in [-0.15, -0.1) is 0 Å². The van der Waals surface area contributed by atoms with E-state index in [1.165, 1.54) is 5.56 Å². The normalized spacial score (nSPS) is 12.4. The Balaban J connectivity index is 2.25. The van der Waals surface area contributed by atoms with E-state index in [9.17, 15) is 0 Å². The zero-order chi connectivity index (χ0) is 13.8. The number of hydrazine groups is 1. The quantitative estimate of drug-likeness (QED) is 0.648. The molecule has 0 heterocycles. The maximum atomic E-state index is 6.30. The summed E-state index contributed by atoms with van der Waals surface area (Å²) in [6.07, 6.45) is 0.790. The van der Waals surface area contributed by atoms with Crippen LogP contribution in [-0.2, 0) is 6.42 Å². The van der Waals surface area contributed by atoms with Gasteiger partial charge in [0, 0.05) is 9.50 Å². The zero-order valence-electron chi connectivity index (χ0n) is 10.7. The fraction of sp³-hybridized carbons (Fsp3) is 0.200. The van der Waals surface area contributed by atoms with Gasteiger partial charge in [-0.25, -0.2) is 0 Å². The van der Waals surface area contributed by atoms with Gasteiger partial charge in [0.25, 0.3) is 0 Å². The summed E-state index contributed by atoms with van der Waals surface area (Å²) in [6.45, 7) is 2.02. The van der Waals surface area contributed by atoms with Crippen molar-refractivity contribution in [3.63, 3.8) is 0 Å². The highest BCUT2D eigenvalue weighted by Gasteiger charge is 2.14. The lowest BCUT2D eigenvalue weighted by atomic mass is 9.98. The molecular formula is C15H16BrClN2. The Labute approximate surface area is 127 Å². The average Bonchev–Trinajstić information content (AvgIpc) is 2.37. The Morgan fingerprint density at radius 3 is 2.68 bits per heavy atom. The van der Waals surface area contributed by atoms with E-state index in [2.05, 4.69) is 33.5 Å². The predicted octanol–water partition coefficient (Wildman–Crippen LogP) is 4.16. The van der Waals surface area contributed by atoms with Crippen LogP contribution in [0.2, 0.25) is 5.02 Å². The van der Waals surface area contributed by atoms with Crippen molar-refractivity contribution in [2.45, 2.75) is 19.4 Å². The van der Waals surface area contributed by atoms with E-state index >= 15 is 0 Å². The molecule has 1 atom stereocenters. The zero-order valence-corrected chi connectivity index (χ0v) is 13.0. The lowest BCUT2D eigenvalue weighted by Crippen LogP contribution is -2.29. The van der Waals surface area contributed by atoms with Gasteiger partial charge in [0.2, 0.25) is 0 Å². The second-order valence-corrected chi connectivity index (χ2v) is 5.90. The number of nitrogens with one attached hydrogen (secondary N) is 1. The topological polar surface area (TPSA) is 38.0 Å². The summed E-state index contributed by atoms with van der Waals surface area (Å²) in [5.41, 5.74) is 6.22. The molecule has 0 saturated heterocycles. The molecule has 2 rings (SSSR count). The first-order chi connectivity index (χ1) is 9.10. The van der Waals surface area contributed by atoms with Crippen LogP contribution in [0.25, 0.3) is 0 Å². The van der Waals surface area contributed by atoms with Crippen LogP contribution in [0.4, 0.5) is 0 Å². The molecule has 2 aromatic rings. The summed E-state index contributed by atoms with van der Waals surface area (Å²) in [6, 6.07) is 14.2. The highest BCUT2D eigenvalue weighted by Crippen LogP contribution is 2.27. The molecule has 4 heteroatoms. The Hall–Kier alpha value is -0.870. The second kappa shape index (κ2) is 6.53. The van der Waals surface area contributed by atoms with E-state index in [0.29, 0.717) is 0 Å². The van der Waals surface area contributed by atoms with Crippen molar-refractivity contribution >= 4 is 27.5 Å². The van der Waals surface area contributed by atoms with Crippen molar-refractivity contribution < 1.29 is 0 Å². The Bertz CT molecular complexity index is 572. The van der Waals surface area contributed by atoms with Crippen LogP contribution in [0.5, 0.6) is 0 Å². The van der Waals surface area contributed by atoms with Crippen LogP contribution in [0.1, 0.15) is 22.7 Å². The molecule has 100 valence electrons. The van der Waals surface area contributed by atoms with E-state index in [-0.39, 0.29) is 6.04 Å². The van der Waals surface area contributed by atoms with Gasteiger partial charge in [-0.05, 0) is 48.2 Å². The number of hydrogen-bond acceptors (Lipinski definition) is 2. The van der Waals surface area contributed by atoms with Crippen molar-refractivity contribution in [2.24, 2.45) is 5.84 Å². The summed E-state index contributed by atoms with van der Waals surface area (Å²) in [5.74, 6) is 5.68. The lowest BCUT2D eigenvalue weighted by molar-refractivity contribution is 0.552. The molecule has 2 aromatic carbocycles. The summed E-state index contributed by atoms with van der Waals surface area (Å²) in [5, 5.41) is 0.748. The van der Waals surface area contributed by atoms with Gasteiger partial charge in [-0.1, -0.05) is 51.8 Å². The first-order valence-corrected chi connectivity index (χ1v) is 7.24. The Kier molecular flexibility index (Phi) is 4.99. The Morgan fingerprint density at radius 1 is 1.26 bits per heavy atom. The molecule has 0 aliphatic carbocycles. The summed E-state index contributed by atoms with van der Waals surface area (Å²) in [4.78, 5) is 0. The first kappa shape index (κ1) is 14.5. The molecule has 0 amide bonds. The van der Waals surface area contributed by atoms with Crippen LogP contribution in [-0.4, -0.2) is 0 Å². The predicted molar refractivity (Wildman–Crippen MR) is 84.1 cm³/mol. The number of rotatable bonds is 4. The molecule has 2 nitrogen and oxygen atoms in total. The monoisotopic (exact) mass is 338 g/mol. The maximum Gasteiger partial charge on any atom is 0.0515 e. The molecule has 0 saturated carbocycles. The summed E-state index contributed by atoms with van der Waals surface area (Å²) >= 11 is 9.77. The highest BCUT2D eigenvalue weighted by atomic mass is 79.9. The maximum absolute atomic E-state index is 6.30. The molecule has 3 N–H and O–H groups in total. The third-order valence-electron chi connectivity index (χ3n) is 3.06. The number of benzene rings is 2. The van der Waals surface area contributed by atoms with E-state index in [0.717, 1.165) is 27.0 Å². The third kappa shape index (κ3) is 3.80. The Morgan fingerprint density at radius 2 is 2.05 bits per heavy atom. The van der Waals surface area contributed by atoms with Crippen LogP contribution in [0.3, 0.4) is 0 Å². The van der Waals surface area contributed by atoms with E-state index in [1.54, 1.807) is 0 Å². The van der Waals surface area contributed by atoms with Gasteiger partial charge in [-0.3, -0.25) is 11.3 Å². The minimum absolute atomic E-state index is 0.00222. The summed E-state index contributed by atoms with van der Waals surface area (Å²) < 4.78 is 1.07. The summed E-state index contributed by atoms with van der Waals surface area (Å²) in [7, 11) is 0. The highest BCUT2D eigenvalue weighted by molar-refractivity contribution is 9.10. The number of aryl methyl sites for hydroxylation is 1. The van der Waals surface area contributed by atoms with Crippen molar-refractivity contribution in [1.29, 1.82) is 0 Å². The van der Waals surface area contributed by atoms with E-state index in [4.69, 9.17) is 17.4 Å². The number of nitrogens with two attached hydrogens (primary N) is 1. The van der Waals surface area contributed by atoms with Crippen LogP contribution in [0, 0.1) is 6.92 Å². The van der Waals surface area contributed by atoms with Crippen LogP contribution >= 0.6 is 27.5 Å². The molecule has 0 fully saturated rings. The van der Waals surface area contributed by atoms with Gasteiger partial charge in [0.05, 0.1) is 6.04 Å². The minimum atomic E-state index is 0.00222. The molecule has 0 aliphatic heterocycles. The average molecular weight is 340 g/mol. The molecule has 0 spiro atoms. The van der Waals surface area contributed by atoms with E-state index in [1.807, 2.05) is 37.3 Å². The van der Waals surface area contributed by atoms with Crippen LogP contribution in [0.15, 0.2) is 46.9 Å². The van der Waals surface area contributed by atoms with Gasteiger partial charge in [0.1, 0.15) is 0 Å². The molecular weight excluding hydrogens is 324 g/mol. The van der Waals surface area contributed by atoms with Crippen LogP contribution < -0.4 is 11.3 Å². The first-order valence-electron chi connectivity index (χ1n) is 6.07. The van der Waals surface area contributed by atoms with Crippen molar-refractivity contribution in [3.8, 4) is 0 Å². The number of hydrogen-bond donors (Lipinski definition) is 2. The molecule has 0 bridgehead atoms. The van der Waals surface area contributed by atoms with Gasteiger partial charge in [-0.2, -0.15) is 0 Å². The van der Waals surface area contributed by atoms with Gasteiger partial charge < -0.3 is 0 Å². The molecule has 19 heavy (non-hydrogen) atoms. The van der Waals surface area contributed by atoms with Gasteiger partial charge in [0.15, 0.2) is 0 Å². The standard InChI is InChI=1S/C15H16BrClN2/c1-10-5-6-13(14(17)7-10)15(19-18)9-11-3-2-4-12(16)8-11/h2-8,15,19H,9,18H2,1H3. The largest absolute Gasteiger partial charge is 0.271 e. The fourth-order valence-corrected chi connectivity index (χ4v) is 2.89. The molecule has 1 unspecified atom stereocenters. The molecule has 0 aromatic heterocycles. The fourth-order valence-electron chi connectivity index (χ4n) is 2.07. The van der Waals surface area contributed by atoms with Gasteiger partial charge >= 0.3 is 0 Å². The third-order valence-corrected chi connectivity index (χ3v) is 3.88. The lowest BCUT2D eigenvalue weighted by Gasteiger charge is -2.18.